The number of nitro benzene ring substituents is 4. The fraction of sp³-hybridized carbons (Fsp3) is 0. The standard InChI is InChI=1S/C36H28N7O14P3/c44-39(45)27-11-19-32(20-12-27)53-59(54-33-21-13-28(14-22-33)40(46)47)37-58-38-60(55-34-9-5-2-6-10-34,43(59)52-31-7-3-1-4-8-31,56-35-23-15-29(16-24-35)41(48)49)57-36-25-17-30(18-26-36)42(50)51/h1-26,38,58H. The average molecular weight is 876 g/mol. The van der Waals surface area contributed by atoms with Gasteiger partial charge in [-0.05, 0) is 0 Å². The van der Waals surface area contributed by atoms with Crippen LogP contribution in [0.3, 0.4) is 0 Å². The number of hydrogen-bond acceptors (Lipinski definition) is 17. The minimum absolute atomic E-state index is 0.0463. The summed E-state index contributed by atoms with van der Waals surface area (Å²) in [6.45, 7) is 0. The molecule has 0 aromatic heterocycles. The Kier molecular flexibility index (Phi) is 11.5. The van der Waals surface area contributed by atoms with Crippen molar-refractivity contribution in [1.29, 1.82) is 0 Å². The molecule has 0 spiro atoms. The molecule has 1 unspecified atom stereocenters. The molecule has 1 heterocycles. The first-order valence-corrected chi connectivity index (χ1v) is 21.5. The van der Waals surface area contributed by atoms with Gasteiger partial charge in [-0.1, -0.05) is 0 Å². The second-order valence-corrected chi connectivity index (χ2v) is 18.6. The molecule has 306 valence electrons. The van der Waals surface area contributed by atoms with E-state index in [1.54, 1.807) is 60.7 Å². The molecule has 0 aliphatic carbocycles. The van der Waals surface area contributed by atoms with Gasteiger partial charge in [-0.3, -0.25) is 0 Å². The van der Waals surface area contributed by atoms with Gasteiger partial charge in [-0.25, -0.2) is 0 Å². The minimum atomic E-state index is -5.88. The summed E-state index contributed by atoms with van der Waals surface area (Å²) in [5, 5.41) is 46.7. The molecular weight excluding hydrogens is 847 g/mol. The van der Waals surface area contributed by atoms with Gasteiger partial charge in [0.2, 0.25) is 0 Å². The maximum absolute atomic E-state index is 11.7. The fourth-order valence-electron chi connectivity index (χ4n) is 5.33. The van der Waals surface area contributed by atoms with Crippen molar-refractivity contribution in [1.82, 2.24) is 9.46 Å². The molecule has 0 saturated heterocycles. The number of non-ortho nitro benzene ring substituents is 4. The number of nitrogens with one attached hydrogen (secondary N) is 1. The summed E-state index contributed by atoms with van der Waals surface area (Å²) in [5.41, 5.74) is -1.13. The quantitative estimate of drug-likeness (QED) is 0.0538. The molecule has 0 fully saturated rings. The molecule has 24 heteroatoms. The van der Waals surface area contributed by atoms with Crippen LogP contribution >= 0.6 is 24.1 Å². The van der Waals surface area contributed by atoms with E-state index in [1.807, 2.05) is 0 Å². The molecule has 0 bridgehead atoms. The van der Waals surface area contributed by atoms with E-state index in [0.717, 1.165) is 4.60 Å². The van der Waals surface area contributed by atoms with Crippen molar-refractivity contribution in [3.63, 3.8) is 0 Å². The molecule has 21 nitrogen and oxygen atoms in total. The number of para-hydroxylation sites is 2. The first kappa shape index (κ1) is 40.9. The van der Waals surface area contributed by atoms with Crippen molar-refractivity contribution in [2.75, 3.05) is 0 Å². The number of hydrogen-bond donors (Lipinski definition) is 1. The van der Waals surface area contributed by atoms with Crippen LogP contribution in [0.15, 0.2) is 162 Å². The van der Waals surface area contributed by atoms with Crippen LogP contribution in [-0.2, 0) is 0 Å². The van der Waals surface area contributed by atoms with Gasteiger partial charge in [0, 0.05) is 0 Å². The molecule has 60 heavy (non-hydrogen) atoms. The van der Waals surface area contributed by atoms with Gasteiger partial charge in [-0.15, -0.1) is 0 Å². The Morgan fingerprint density at radius 1 is 0.467 bits per heavy atom. The van der Waals surface area contributed by atoms with Gasteiger partial charge in [0.15, 0.2) is 0 Å². The fourth-order valence-corrected chi connectivity index (χ4v) is 14.7. The summed E-state index contributed by atoms with van der Waals surface area (Å²) < 4.78 is 40.0. The van der Waals surface area contributed by atoms with Crippen LogP contribution in [0.2, 0.25) is 0 Å². The Labute approximate surface area is 340 Å². The van der Waals surface area contributed by atoms with E-state index >= 15 is 0 Å². The first-order valence-electron chi connectivity index (χ1n) is 17.1. The Bertz CT molecular complexity index is 2470. The van der Waals surface area contributed by atoms with Crippen LogP contribution in [0.5, 0.6) is 34.5 Å². The third-order valence-electron chi connectivity index (χ3n) is 8.04. The summed E-state index contributed by atoms with van der Waals surface area (Å²) >= 11 is 0. The van der Waals surface area contributed by atoms with Gasteiger partial charge in [0.05, 0.1) is 0 Å². The average Bonchev–Trinajstić information content (AvgIpc) is 3.24. The molecule has 1 atom stereocenters. The third-order valence-corrected chi connectivity index (χ3v) is 16.6. The summed E-state index contributed by atoms with van der Waals surface area (Å²) in [7, 11) is -11.2. The molecule has 0 saturated carbocycles. The zero-order chi connectivity index (χ0) is 42.4. The van der Waals surface area contributed by atoms with Crippen LogP contribution < -0.4 is 32.3 Å². The van der Waals surface area contributed by atoms with Gasteiger partial charge >= 0.3 is 341 Å². The van der Waals surface area contributed by atoms with E-state index in [9.17, 15) is 40.5 Å². The van der Waals surface area contributed by atoms with Crippen LogP contribution in [0.1, 0.15) is 0 Å². The molecule has 1 aliphatic rings. The predicted molar refractivity (Wildman–Crippen MR) is 219 cm³/mol. The van der Waals surface area contributed by atoms with Crippen LogP contribution in [0, 0.1) is 40.5 Å². The SMILES string of the molecule is O=[N+]([O-])c1ccc(OP2(Oc3ccc([N+](=O)[O-])cc3)=NPNP(Oc3ccccc3)(Oc3ccc([N+](=O)[O-])cc3)(Oc3ccc([N+](=O)[O-])cc3)N2Oc2ccccc2)cc1. The Morgan fingerprint density at radius 3 is 1.13 bits per heavy atom. The van der Waals surface area contributed by atoms with Crippen LogP contribution in [0.25, 0.3) is 0 Å². The van der Waals surface area contributed by atoms with Crippen LogP contribution in [-0.4, -0.2) is 24.3 Å². The molecule has 7 rings (SSSR count). The molecule has 0 radical (unpaired) electrons. The van der Waals surface area contributed by atoms with E-state index in [2.05, 4.69) is 4.86 Å². The van der Waals surface area contributed by atoms with Gasteiger partial charge in [-0.2, -0.15) is 0 Å². The zero-order valence-corrected chi connectivity index (χ0v) is 33.1. The van der Waals surface area contributed by atoms with E-state index in [1.165, 1.54) is 97.1 Å². The Hall–Kier alpha value is -7.27. The molecule has 6 aromatic rings. The summed E-state index contributed by atoms with van der Waals surface area (Å²) in [6, 6.07) is 35.7. The second-order valence-electron chi connectivity index (χ2n) is 12.1. The third kappa shape index (κ3) is 8.75. The molecule has 0 amide bonds. The predicted octanol–water partition coefficient (Wildman–Crippen LogP) is 10.5. The topological polar surface area (TPSA) is 256 Å². The first-order chi connectivity index (χ1) is 28.8. The van der Waals surface area contributed by atoms with Crippen molar-refractivity contribution in [2.45, 2.75) is 0 Å². The van der Waals surface area contributed by atoms with E-state index < -0.39 is 43.8 Å². The number of rotatable bonds is 16. The molecule has 1 N–H and O–H groups in total. The summed E-state index contributed by atoms with van der Waals surface area (Å²) in [4.78, 5) is 54.1. The Balaban J connectivity index is 1.55. The van der Waals surface area contributed by atoms with E-state index in [4.69, 9.17) is 32.0 Å². The number of nitrogens with zero attached hydrogens (tertiary/aromatic N) is 6. The monoisotopic (exact) mass is 875 g/mol. The van der Waals surface area contributed by atoms with Crippen molar-refractivity contribution in [2.24, 2.45) is 4.52 Å². The zero-order valence-electron chi connectivity index (χ0n) is 30.3. The summed E-state index contributed by atoms with van der Waals surface area (Å²) in [6.07, 6.45) is 0. The van der Waals surface area contributed by atoms with Gasteiger partial charge in [0.25, 0.3) is 0 Å². The maximum atomic E-state index is 11.7. The Morgan fingerprint density at radius 2 is 0.783 bits per heavy atom. The van der Waals surface area contributed by atoms with Crippen molar-refractivity contribution < 1.29 is 47.1 Å². The molecule has 1 aliphatic heterocycles. The van der Waals surface area contributed by atoms with E-state index in [-0.39, 0.29) is 57.2 Å². The number of benzene rings is 6. The van der Waals surface area contributed by atoms with E-state index in [0.29, 0.717) is 0 Å². The summed E-state index contributed by atoms with van der Waals surface area (Å²) in [5.74, 6) is -0.107. The van der Waals surface area contributed by atoms with Crippen molar-refractivity contribution in [3.8, 4) is 34.5 Å². The number of nitro groups is 4. The van der Waals surface area contributed by atoms with Gasteiger partial charge < -0.3 is 0 Å². The normalized spacial score (nSPS) is 16.0. The van der Waals surface area contributed by atoms with Crippen LogP contribution in [0.4, 0.5) is 22.7 Å². The second kappa shape index (κ2) is 16.9. The molecule has 6 aromatic carbocycles. The van der Waals surface area contributed by atoms with Crippen molar-refractivity contribution in [3.05, 3.63) is 198 Å². The molecular formula is C36H28N7O14P3. The van der Waals surface area contributed by atoms with Crippen molar-refractivity contribution >= 4 is 46.9 Å². The van der Waals surface area contributed by atoms with Gasteiger partial charge in [0.1, 0.15) is 0 Å².